The molecule has 0 unspecified atom stereocenters. The monoisotopic (exact) mass is 228 g/mol. The summed E-state index contributed by atoms with van der Waals surface area (Å²) in [5, 5.41) is 0. The van der Waals surface area contributed by atoms with Crippen molar-refractivity contribution in [2.75, 3.05) is 0 Å². The summed E-state index contributed by atoms with van der Waals surface area (Å²) in [6.07, 6.45) is 1.63. The van der Waals surface area contributed by atoms with E-state index < -0.39 is 0 Å². The van der Waals surface area contributed by atoms with Crippen molar-refractivity contribution in [1.82, 2.24) is 0 Å². The van der Waals surface area contributed by atoms with Gasteiger partial charge in [-0.15, -0.1) is 0 Å². The second-order valence-electron chi connectivity index (χ2n) is 5.14. The van der Waals surface area contributed by atoms with Gasteiger partial charge in [0, 0.05) is 16.5 Å². The maximum Gasteiger partial charge on any atom is 0.168 e. The van der Waals surface area contributed by atoms with Crippen LogP contribution in [0, 0.1) is 5.41 Å². The lowest BCUT2D eigenvalue weighted by molar-refractivity contribution is 0.0858. The van der Waals surface area contributed by atoms with Crippen molar-refractivity contribution >= 4 is 5.78 Å². The topological polar surface area (TPSA) is 30.2 Å². The molecule has 0 atom stereocenters. The summed E-state index contributed by atoms with van der Waals surface area (Å²) in [4.78, 5) is 12.2. The molecule has 0 saturated heterocycles. The molecule has 0 amide bonds. The molecule has 2 rings (SSSR count). The van der Waals surface area contributed by atoms with Gasteiger partial charge in [-0.1, -0.05) is 39.0 Å². The van der Waals surface area contributed by atoms with Gasteiger partial charge in [0.15, 0.2) is 5.78 Å². The summed E-state index contributed by atoms with van der Waals surface area (Å²) in [5.74, 6) is 0.930. The molecule has 0 bridgehead atoms. The average molecular weight is 228 g/mol. The van der Waals surface area contributed by atoms with E-state index in [2.05, 4.69) is 0 Å². The first kappa shape index (κ1) is 11.6. The van der Waals surface area contributed by atoms with Crippen LogP contribution in [0.15, 0.2) is 47.1 Å². The zero-order valence-electron chi connectivity index (χ0n) is 10.4. The highest BCUT2D eigenvalue weighted by atomic mass is 16.3. The average Bonchev–Trinajstić information content (AvgIpc) is 2.80. The quantitative estimate of drug-likeness (QED) is 0.722. The molecule has 2 heteroatoms. The maximum atomic E-state index is 12.2. The van der Waals surface area contributed by atoms with Crippen LogP contribution in [0.3, 0.4) is 0 Å². The van der Waals surface area contributed by atoms with Gasteiger partial charge >= 0.3 is 0 Å². The summed E-state index contributed by atoms with van der Waals surface area (Å²) >= 11 is 0. The van der Waals surface area contributed by atoms with Gasteiger partial charge in [0.1, 0.15) is 5.76 Å². The number of rotatable bonds is 2. The fourth-order valence-corrected chi connectivity index (χ4v) is 1.69. The van der Waals surface area contributed by atoms with Crippen LogP contribution in [0.5, 0.6) is 0 Å². The molecule has 0 fully saturated rings. The van der Waals surface area contributed by atoms with E-state index in [0.717, 1.165) is 16.9 Å². The van der Waals surface area contributed by atoms with Crippen LogP contribution in [0.4, 0.5) is 0 Å². The van der Waals surface area contributed by atoms with Gasteiger partial charge in [0.05, 0.1) is 6.26 Å². The lowest BCUT2D eigenvalue weighted by atomic mass is 9.86. The molecule has 88 valence electrons. The van der Waals surface area contributed by atoms with Crippen LogP contribution in [-0.4, -0.2) is 5.78 Å². The first-order valence-electron chi connectivity index (χ1n) is 5.67. The standard InChI is InChI=1S/C15H16O2/c1-15(2,3)14(16)12-7-4-6-11(10-12)13-8-5-9-17-13/h4-10H,1-3H3. The van der Waals surface area contributed by atoms with Gasteiger partial charge in [-0.05, 0) is 18.2 Å². The minimum atomic E-state index is -0.359. The Hall–Kier alpha value is -1.83. The zero-order valence-corrected chi connectivity index (χ0v) is 10.4. The predicted octanol–water partition coefficient (Wildman–Crippen LogP) is 4.18. The van der Waals surface area contributed by atoms with Crippen LogP contribution in [-0.2, 0) is 0 Å². The molecule has 17 heavy (non-hydrogen) atoms. The van der Waals surface area contributed by atoms with Gasteiger partial charge < -0.3 is 4.42 Å². The summed E-state index contributed by atoms with van der Waals surface area (Å²) in [6.45, 7) is 5.78. The first-order valence-corrected chi connectivity index (χ1v) is 5.67. The maximum absolute atomic E-state index is 12.2. The summed E-state index contributed by atoms with van der Waals surface area (Å²) in [5.41, 5.74) is 1.30. The first-order chi connectivity index (χ1) is 7.98. The third-order valence-corrected chi connectivity index (χ3v) is 2.61. The molecule has 0 saturated carbocycles. The fraction of sp³-hybridized carbons (Fsp3) is 0.267. The van der Waals surface area contributed by atoms with Gasteiger partial charge in [-0.25, -0.2) is 0 Å². The van der Waals surface area contributed by atoms with Crippen LogP contribution < -0.4 is 0 Å². The van der Waals surface area contributed by atoms with Crippen molar-refractivity contribution in [3.8, 4) is 11.3 Å². The van der Waals surface area contributed by atoms with Gasteiger partial charge in [0.2, 0.25) is 0 Å². The largest absolute Gasteiger partial charge is 0.464 e. The number of hydrogen-bond donors (Lipinski definition) is 0. The van der Waals surface area contributed by atoms with Gasteiger partial charge in [0.25, 0.3) is 0 Å². The number of hydrogen-bond acceptors (Lipinski definition) is 2. The number of carbonyl (C=O) groups excluding carboxylic acids is 1. The molecule has 0 radical (unpaired) electrons. The highest BCUT2D eigenvalue weighted by Gasteiger charge is 2.23. The molecule has 0 N–H and O–H groups in total. The van der Waals surface area contributed by atoms with Gasteiger partial charge in [-0.2, -0.15) is 0 Å². The van der Waals surface area contributed by atoms with Crippen molar-refractivity contribution in [3.63, 3.8) is 0 Å². The van der Waals surface area contributed by atoms with Crippen molar-refractivity contribution in [2.24, 2.45) is 5.41 Å². The fourth-order valence-electron chi connectivity index (χ4n) is 1.69. The molecule has 2 aromatic rings. The normalized spacial score (nSPS) is 11.5. The third-order valence-electron chi connectivity index (χ3n) is 2.61. The summed E-state index contributed by atoms with van der Waals surface area (Å²) in [6, 6.07) is 11.3. The van der Waals surface area contributed by atoms with Gasteiger partial charge in [-0.3, -0.25) is 4.79 Å². The Morgan fingerprint density at radius 3 is 2.47 bits per heavy atom. The number of furan rings is 1. The smallest absolute Gasteiger partial charge is 0.168 e. The highest BCUT2D eigenvalue weighted by Crippen LogP contribution is 2.25. The molecule has 1 aromatic carbocycles. The number of carbonyl (C=O) groups is 1. The van der Waals surface area contributed by atoms with Crippen LogP contribution in [0.25, 0.3) is 11.3 Å². The minimum absolute atomic E-state index is 0.144. The van der Waals surface area contributed by atoms with Crippen LogP contribution in [0.2, 0.25) is 0 Å². The lowest BCUT2D eigenvalue weighted by Gasteiger charge is -2.16. The Labute approximate surface area is 101 Å². The lowest BCUT2D eigenvalue weighted by Crippen LogP contribution is -2.20. The van der Waals surface area contributed by atoms with E-state index in [0.29, 0.717) is 0 Å². The number of ketones is 1. The SMILES string of the molecule is CC(C)(C)C(=O)c1cccc(-c2ccco2)c1. The molecule has 2 nitrogen and oxygen atoms in total. The number of benzene rings is 1. The second kappa shape index (κ2) is 4.21. The molecule has 0 aliphatic rings. The van der Waals surface area contributed by atoms with Crippen molar-refractivity contribution in [3.05, 3.63) is 48.2 Å². The Kier molecular flexibility index (Phi) is 2.88. The summed E-state index contributed by atoms with van der Waals surface area (Å²) in [7, 11) is 0. The minimum Gasteiger partial charge on any atom is -0.464 e. The van der Waals surface area contributed by atoms with E-state index in [4.69, 9.17) is 4.42 Å². The van der Waals surface area contributed by atoms with Crippen LogP contribution >= 0.6 is 0 Å². The molecule has 0 aliphatic heterocycles. The molecular formula is C15H16O2. The second-order valence-corrected chi connectivity index (χ2v) is 5.14. The Morgan fingerprint density at radius 2 is 1.88 bits per heavy atom. The molecule has 0 aliphatic carbocycles. The molecule has 1 aromatic heterocycles. The Balaban J connectivity index is 2.39. The van der Waals surface area contributed by atoms with Crippen molar-refractivity contribution in [2.45, 2.75) is 20.8 Å². The molecule has 1 heterocycles. The van der Waals surface area contributed by atoms with Crippen molar-refractivity contribution in [1.29, 1.82) is 0 Å². The molecule has 0 spiro atoms. The van der Waals surface area contributed by atoms with Crippen LogP contribution in [0.1, 0.15) is 31.1 Å². The van der Waals surface area contributed by atoms with E-state index >= 15 is 0 Å². The zero-order chi connectivity index (χ0) is 12.5. The third kappa shape index (κ3) is 2.47. The molecular weight excluding hydrogens is 212 g/mol. The van der Waals surface area contributed by atoms with E-state index in [-0.39, 0.29) is 11.2 Å². The van der Waals surface area contributed by atoms with E-state index in [1.165, 1.54) is 0 Å². The van der Waals surface area contributed by atoms with E-state index in [1.807, 2.05) is 57.2 Å². The summed E-state index contributed by atoms with van der Waals surface area (Å²) < 4.78 is 5.33. The number of Topliss-reactive ketones (excluding diaryl/α,β-unsaturated/α-hetero) is 1. The Bertz CT molecular complexity index is 516. The highest BCUT2D eigenvalue weighted by molar-refractivity contribution is 6.00. The van der Waals surface area contributed by atoms with Crippen molar-refractivity contribution < 1.29 is 9.21 Å². The predicted molar refractivity (Wildman–Crippen MR) is 67.9 cm³/mol. The Morgan fingerprint density at radius 1 is 1.12 bits per heavy atom. The van der Waals surface area contributed by atoms with E-state index in [9.17, 15) is 4.79 Å². The van der Waals surface area contributed by atoms with E-state index in [1.54, 1.807) is 6.26 Å².